The zero-order valence-corrected chi connectivity index (χ0v) is 11.1. The summed E-state index contributed by atoms with van der Waals surface area (Å²) in [6.07, 6.45) is -1.58. The third-order valence-corrected chi connectivity index (χ3v) is 2.75. The summed E-state index contributed by atoms with van der Waals surface area (Å²) in [6, 6.07) is -1.45. The van der Waals surface area contributed by atoms with Crippen LogP contribution in [0.4, 0.5) is 26.3 Å². The van der Waals surface area contributed by atoms with Gasteiger partial charge in [0.2, 0.25) is 0 Å². The number of hydrogen-bond acceptors (Lipinski definition) is 4. The first-order valence-electron chi connectivity index (χ1n) is 5.00. The van der Waals surface area contributed by atoms with Crippen LogP contribution in [0.5, 0.6) is 0 Å². The van der Waals surface area contributed by atoms with E-state index in [0.29, 0.717) is 6.54 Å². The lowest BCUT2D eigenvalue weighted by atomic mass is 10.3. The van der Waals surface area contributed by atoms with Crippen LogP contribution in [0, 0.1) is 0 Å². The molecule has 0 aromatic rings. The number of nitrogens with zero attached hydrogens (tertiary/aromatic N) is 2. The van der Waals surface area contributed by atoms with Crippen molar-refractivity contribution >= 4 is 10.1 Å². The first kappa shape index (κ1) is 19.0. The molecule has 12 heteroatoms. The number of rotatable bonds is 1. The molecule has 0 bridgehead atoms. The van der Waals surface area contributed by atoms with Crippen molar-refractivity contribution in [3.05, 3.63) is 12.3 Å². The van der Waals surface area contributed by atoms with Crippen LogP contribution < -0.4 is 0 Å². The average molecular weight is 330 g/mol. The number of halogens is 6. The number of hydrazine groups is 1. The predicted octanol–water partition coefficient (Wildman–Crippen LogP) is 2.01. The van der Waals surface area contributed by atoms with Crippen LogP contribution in [0.2, 0.25) is 0 Å². The smallest absolute Gasteiger partial charge is 0.316 e. The molecule has 20 heavy (non-hydrogen) atoms. The minimum absolute atomic E-state index is 0.355. The second-order valence-corrected chi connectivity index (χ2v) is 4.99. The fourth-order valence-electron chi connectivity index (χ4n) is 1.29. The number of alkyl halides is 6. The molecule has 1 aliphatic rings. The van der Waals surface area contributed by atoms with Crippen LogP contribution in [0.15, 0.2) is 12.3 Å². The minimum Gasteiger partial charge on any atom is -0.316 e. The quantitative estimate of drug-likeness (QED) is 0.453. The van der Waals surface area contributed by atoms with Gasteiger partial charge in [-0.3, -0.25) is 4.55 Å². The maximum absolute atomic E-state index is 12.3. The number of hydrogen-bond donors (Lipinski definition) is 1. The number of likely N-dealkylation sites (N-methyl/N-ethyl adjacent to an activating group) is 1. The largest absolute Gasteiger partial charge is 0.522 e. The molecule has 0 saturated carbocycles. The van der Waals surface area contributed by atoms with Crippen LogP contribution in [0.1, 0.15) is 6.92 Å². The molecule has 0 saturated heterocycles. The van der Waals surface area contributed by atoms with Gasteiger partial charge in [0, 0.05) is 19.8 Å². The summed E-state index contributed by atoms with van der Waals surface area (Å²) < 4.78 is 94.3. The van der Waals surface area contributed by atoms with Crippen molar-refractivity contribution in [3.8, 4) is 0 Å². The van der Waals surface area contributed by atoms with Crippen molar-refractivity contribution in [2.75, 3.05) is 13.6 Å². The van der Waals surface area contributed by atoms with Gasteiger partial charge in [0.25, 0.3) is 0 Å². The van der Waals surface area contributed by atoms with E-state index in [1.54, 1.807) is 14.0 Å². The van der Waals surface area contributed by atoms with Gasteiger partial charge in [0.05, 0.1) is 0 Å². The van der Waals surface area contributed by atoms with Gasteiger partial charge in [-0.1, -0.05) is 6.92 Å². The highest BCUT2D eigenvalue weighted by atomic mass is 32.2. The third kappa shape index (κ3) is 5.17. The van der Waals surface area contributed by atoms with Crippen molar-refractivity contribution in [1.29, 1.82) is 0 Å². The summed E-state index contributed by atoms with van der Waals surface area (Å²) >= 11 is 0. The molecule has 1 N–H and O–H groups in total. The molecular weight excluding hydrogens is 318 g/mol. The van der Waals surface area contributed by atoms with Crippen molar-refractivity contribution in [2.24, 2.45) is 0 Å². The molecule has 5 nitrogen and oxygen atoms in total. The molecule has 0 amide bonds. The summed E-state index contributed by atoms with van der Waals surface area (Å²) in [5, 5.41) is 2.71. The van der Waals surface area contributed by atoms with Gasteiger partial charge in [-0.25, -0.2) is 5.01 Å². The molecule has 0 spiro atoms. The molecule has 1 heterocycles. The zero-order chi connectivity index (χ0) is 16.4. The van der Waals surface area contributed by atoms with Gasteiger partial charge in [-0.05, 0) is 6.08 Å². The van der Waals surface area contributed by atoms with Gasteiger partial charge in [0.1, 0.15) is 6.04 Å². The lowest BCUT2D eigenvalue weighted by Gasteiger charge is -2.30. The van der Waals surface area contributed by atoms with E-state index >= 15 is 0 Å². The van der Waals surface area contributed by atoms with E-state index in [1.807, 2.05) is 0 Å². The molecule has 1 atom stereocenters. The first-order chi connectivity index (χ1) is 8.71. The highest BCUT2D eigenvalue weighted by molar-refractivity contribution is 7.86. The van der Waals surface area contributed by atoms with E-state index < -0.39 is 27.8 Å². The van der Waals surface area contributed by atoms with Crippen molar-refractivity contribution in [2.45, 2.75) is 24.7 Å². The Hall–Kier alpha value is -1.01. The zero-order valence-electron chi connectivity index (χ0n) is 10.3. The van der Waals surface area contributed by atoms with Crippen LogP contribution in [0.3, 0.4) is 0 Å². The molecule has 0 fully saturated rings. The summed E-state index contributed by atoms with van der Waals surface area (Å²) in [6.45, 7) is 2.05. The standard InChI is InChI=1S/C7H11F3N2.CHF3O3S/c1-3-12-6(7(8,9)10)4-5-11(12)2;2-1(3,4)8(5,6)7/h4-6H,3H2,1-2H3;(H,5,6,7). The van der Waals surface area contributed by atoms with Crippen LogP contribution in [-0.2, 0) is 10.1 Å². The van der Waals surface area contributed by atoms with Gasteiger partial charge < -0.3 is 5.01 Å². The molecule has 0 radical (unpaired) electrons. The highest BCUT2D eigenvalue weighted by Gasteiger charge is 2.45. The molecule has 1 unspecified atom stereocenters. The van der Waals surface area contributed by atoms with Crippen LogP contribution in [-0.4, -0.2) is 54.3 Å². The van der Waals surface area contributed by atoms with Crippen LogP contribution in [0.25, 0.3) is 0 Å². The molecule has 0 aromatic carbocycles. The molecular formula is C8H12F6N2O3S. The van der Waals surface area contributed by atoms with Gasteiger partial charge in [-0.15, -0.1) is 0 Å². The average Bonchev–Trinajstić information content (AvgIpc) is 2.56. The van der Waals surface area contributed by atoms with E-state index in [9.17, 15) is 26.3 Å². The SMILES string of the molecule is CCN1C(C(F)(F)F)C=CN1C.O=S(=O)(O)C(F)(F)F. The minimum atomic E-state index is -5.84. The molecule has 0 aromatic heterocycles. The maximum atomic E-state index is 12.3. The molecule has 1 aliphatic heterocycles. The van der Waals surface area contributed by atoms with E-state index in [1.165, 1.54) is 16.2 Å². The fraction of sp³-hybridized carbons (Fsp3) is 0.750. The second-order valence-electron chi connectivity index (χ2n) is 3.58. The lowest BCUT2D eigenvalue weighted by molar-refractivity contribution is -0.188. The lowest BCUT2D eigenvalue weighted by Crippen LogP contribution is -2.46. The Balaban J connectivity index is 0.000000396. The maximum Gasteiger partial charge on any atom is 0.522 e. The monoisotopic (exact) mass is 330 g/mol. The summed E-state index contributed by atoms with van der Waals surface area (Å²) in [5.74, 6) is 0. The Morgan fingerprint density at radius 2 is 1.60 bits per heavy atom. The van der Waals surface area contributed by atoms with Gasteiger partial charge in [-0.2, -0.15) is 34.8 Å². The predicted molar refractivity (Wildman–Crippen MR) is 56.7 cm³/mol. The van der Waals surface area contributed by atoms with Crippen molar-refractivity contribution in [1.82, 2.24) is 10.0 Å². The Labute approximate surface area is 111 Å². The normalized spacial score (nSPS) is 20.9. The van der Waals surface area contributed by atoms with E-state index in [2.05, 4.69) is 0 Å². The van der Waals surface area contributed by atoms with Crippen LogP contribution >= 0.6 is 0 Å². The Kier molecular flexibility index (Phi) is 5.87. The van der Waals surface area contributed by atoms with E-state index in [0.717, 1.165) is 6.08 Å². The highest BCUT2D eigenvalue weighted by Crippen LogP contribution is 2.29. The summed E-state index contributed by atoms with van der Waals surface area (Å²) in [4.78, 5) is 0. The second kappa shape index (κ2) is 6.18. The Morgan fingerprint density at radius 1 is 1.20 bits per heavy atom. The van der Waals surface area contributed by atoms with Gasteiger partial charge >= 0.3 is 21.8 Å². The van der Waals surface area contributed by atoms with Crippen molar-refractivity contribution in [3.63, 3.8) is 0 Å². The van der Waals surface area contributed by atoms with Gasteiger partial charge in [0.15, 0.2) is 0 Å². The third-order valence-electron chi connectivity index (χ3n) is 2.16. The Morgan fingerprint density at radius 3 is 1.80 bits per heavy atom. The molecule has 0 aliphatic carbocycles. The first-order valence-corrected chi connectivity index (χ1v) is 6.44. The summed E-state index contributed by atoms with van der Waals surface area (Å²) in [7, 11) is -4.24. The van der Waals surface area contributed by atoms with Crippen molar-refractivity contribution < 1.29 is 39.3 Å². The molecule has 120 valence electrons. The molecule has 1 rings (SSSR count). The Bertz CT molecular complexity index is 444. The fourth-order valence-corrected chi connectivity index (χ4v) is 1.29. The topological polar surface area (TPSA) is 60.9 Å². The van der Waals surface area contributed by atoms with E-state index in [-0.39, 0.29) is 0 Å². The van der Waals surface area contributed by atoms with E-state index in [4.69, 9.17) is 13.0 Å². The summed E-state index contributed by atoms with van der Waals surface area (Å²) in [5.41, 5.74) is -5.53.